The van der Waals surface area contributed by atoms with Crippen LogP contribution in [0.25, 0.3) is 0 Å². The molecular weight excluding hydrogens is 168 g/mol. The van der Waals surface area contributed by atoms with Gasteiger partial charge in [-0.3, -0.25) is 4.79 Å². The Bertz CT molecular complexity index is 164. The Morgan fingerprint density at radius 2 is 2.15 bits per heavy atom. The zero-order valence-electron chi connectivity index (χ0n) is 8.07. The Labute approximate surface area is 79.1 Å². The summed E-state index contributed by atoms with van der Waals surface area (Å²) in [6.07, 6.45) is 6.49. The maximum absolute atomic E-state index is 10.1. The number of aliphatic carboxylic acids is 1. The standard InChI is InChI=1S/C10H18O3/c1-2-3-4-6-9(11)7-5-8-10(12)13/h2-3,9,11H,4-8H2,1H3,(H,12,13)/b3-2+. The van der Waals surface area contributed by atoms with Crippen LogP contribution >= 0.6 is 0 Å². The van der Waals surface area contributed by atoms with Crippen LogP contribution in [0.5, 0.6) is 0 Å². The van der Waals surface area contributed by atoms with Gasteiger partial charge in [-0.2, -0.15) is 0 Å². The first kappa shape index (κ1) is 12.2. The number of carboxylic acids is 1. The minimum absolute atomic E-state index is 0.153. The molecule has 0 aliphatic heterocycles. The Morgan fingerprint density at radius 3 is 2.69 bits per heavy atom. The van der Waals surface area contributed by atoms with E-state index in [0.29, 0.717) is 12.8 Å². The molecule has 0 aromatic heterocycles. The number of carboxylic acid groups (broad SMARTS) is 1. The molecule has 13 heavy (non-hydrogen) atoms. The van der Waals surface area contributed by atoms with Crippen LogP contribution in [0.4, 0.5) is 0 Å². The second-order valence-electron chi connectivity index (χ2n) is 3.09. The second kappa shape index (κ2) is 7.80. The van der Waals surface area contributed by atoms with E-state index in [2.05, 4.69) is 0 Å². The number of hydrogen-bond donors (Lipinski definition) is 2. The van der Waals surface area contributed by atoms with Gasteiger partial charge in [0.25, 0.3) is 0 Å². The molecule has 0 saturated carbocycles. The third kappa shape index (κ3) is 9.08. The number of aliphatic hydroxyl groups excluding tert-OH is 1. The van der Waals surface area contributed by atoms with Crippen molar-refractivity contribution >= 4 is 5.97 Å². The smallest absolute Gasteiger partial charge is 0.303 e. The molecule has 0 fully saturated rings. The molecule has 1 unspecified atom stereocenters. The molecular formula is C10H18O3. The van der Waals surface area contributed by atoms with Gasteiger partial charge in [0, 0.05) is 6.42 Å². The Kier molecular flexibility index (Phi) is 7.30. The minimum atomic E-state index is -0.791. The summed E-state index contributed by atoms with van der Waals surface area (Å²) in [7, 11) is 0. The predicted molar refractivity (Wildman–Crippen MR) is 51.5 cm³/mol. The number of aliphatic hydroxyl groups is 1. The number of hydrogen-bond acceptors (Lipinski definition) is 2. The summed E-state index contributed by atoms with van der Waals surface area (Å²) in [5.41, 5.74) is 0. The fourth-order valence-corrected chi connectivity index (χ4v) is 1.09. The Morgan fingerprint density at radius 1 is 1.46 bits per heavy atom. The van der Waals surface area contributed by atoms with Crippen LogP contribution in [0.3, 0.4) is 0 Å². The first-order chi connectivity index (χ1) is 6.16. The lowest BCUT2D eigenvalue weighted by atomic mass is 10.1. The highest BCUT2D eigenvalue weighted by Crippen LogP contribution is 2.07. The molecule has 1 atom stereocenters. The molecule has 0 saturated heterocycles. The molecule has 0 aromatic rings. The highest BCUT2D eigenvalue weighted by atomic mass is 16.4. The van der Waals surface area contributed by atoms with Gasteiger partial charge in [-0.1, -0.05) is 12.2 Å². The van der Waals surface area contributed by atoms with Gasteiger partial charge in [0.2, 0.25) is 0 Å². The fourth-order valence-electron chi connectivity index (χ4n) is 1.09. The third-order valence-corrected chi connectivity index (χ3v) is 1.83. The van der Waals surface area contributed by atoms with Gasteiger partial charge in [0.05, 0.1) is 6.10 Å². The summed E-state index contributed by atoms with van der Waals surface area (Å²) in [5.74, 6) is -0.791. The van der Waals surface area contributed by atoms with Crippen LogP contribution in [0.15, 0.2) is 12.2 Å². The van der Waals surface area contributed by atoms with Gasteiger partial charge < -0.3 is 10.2 Å². The van der Waals surface area contributed by atoms with Crippen LogP contribution < -0.4 is 0 Å². The lowest BCUT2D eigenvalue weighted by molar-refractivity contribution is -0.137. The maximum atomic E-state index is 10.1. The zero-order valence-corrected chi connectivity index (χ0v) is 8.07. The molecule has 0 aliphatic carbocycles. The Balaban J connectivity index is 3.29. The Hall–Kier alpha value is -0.830. The highest BCUT2D eigenvalue weighted by Gasteiger charge is 2.04. The molecule has 0 heterocycles. The van der Waals surface area contributed by atoms with Crippen molar-refractivity contribution in [3.8, 4) is 0 Å². The van der Waals surface area contributed by atoms with Crippen LogP contribution in [-0.4, -0.2) is 22.3 Å². The minimum Gasteiger partial charge on any atom is -0.481 e. The number of carbonyl (C=O) groups is 1. The van der Waals surface area contributed by atoms with E-state index in [4.69, 9.17) is 5.11 Å². The lowest BCUT2D eigenvalue weighted by Gasteiger charge is -2.07. The molecule has 3 heteroatoms. The molecule has 2 N–H and O–H groups in total. The van der Waals surface area contributed by atoms with Gasteiger partial charge in [-0.05, 0) is 32.6 Å². The zero-order chi connectivity index (χ0) is 10.1. The third-order valence-electron chi connectivity index (χ3n) is 1.83. The molecule has 0 rings (SSSR count). The quantitative estimate of drug-likeness (QED) is 0.597. The average molecular weight is 186 g/mol. The van der Waals surface area contributed by atoms with Crippen molar-refractivity contribution in [1.82, 2.24) is 0 Å². The van der Waals surface area contributed by atoms with E-state index in [1.165, 1.54) is 0 Å². The predicted octanol–water partition coefficient (Wildman–Crippen LogP) is 1.96. The van der Waals surface area contributed by atoms with Crippen molar-refractivity contribution in [2.75, 3.05) is 0 Å². The SMILES string of the molecule is C/C=C/CCC(O)CCCC(=O)O. The van der Waals surface area contributed by atoms with Crippen molar-refractivity contribution in [2.45, 2.75) is 45.1 Å². The van der Waals surface area contributed by atoms with Crippen molar-refractivity contribution in [2.24, 2.45) is 0 Å². The summed E-state index contributed by atoms with van der Waals surface area (Å²) in [6, 6.07) is 0. The van der Waals surface area contributed by atoms with E-state index in [0.717, 1.165) is 12.8 Å². The molecule has 0 bridgehead atoms. The van der Waals surface area contributed by atoms with Crippen LogP contribution in [0.2, 0.25) is 0 Å². The molecule has 0 aliphatic rings. The highest BCUT2D eigenvalue weighted by molar-refractivity contribution is 5.66. The van der Waals surface area contributed by atoms with E-state index in [1.54, 1.807) is 0 Å². The summed E-state index contributed by atoms with van der Waals surface area (Å²) in [5, 5.41) is 17.7. The summed E-state index contributed by atoms with van der Waals surface area (Å²) in [6.45, 7) is 1.94. The van der Waals surface area contributed by atoms with Crippen LogP contribution in [-0.2, 0) is 4.79 Å². The monoisotopic (exact) mass is 186 g/mol. The summed E-state index contributed by atoms with van der Waals surface area (Å²) >= 11 is 0. The maximum Gasteiger partial charge on any atom is 0.303 e. The van der Waals surface area contributed by atoms with Crippen molar-refractivity contribution in [3.63, 3.8) is 0 Å². The summed E-state index contributed by atoms with van der Waals surface area (Å²) < 4.78 is 0. The van der Waals surface area contributed by atoms with Gasteiger partial charge in [-0.25, -0.2) is 0 Å². The van der Waals surface area contributed by atoms with Gasteiger partial charge >= 0.3 is 5.97 Å². The van der Waals surface area contributed by atoms with E-state index in [1.807, 2.05) is 19.1 Å². The van der Waals surface area contributed by atoms with Crippen molar-refractivity contribution in [3.05, 3.63) is 12.2 Å². The van der Waals surface area contributed by atoms with E-state index >= 15 is 0 Å². The molecule has 0 aromatic carbocycles. The van der Waals surface area contributed by atoms with Crippen LogP contribution in [0, 0.1) is 0 Å². The van der Waals surface area contributed by atoms with Gasteiger partial charge in [0.1, 0.15) is 0 Å². The molecule has 76 valence electrons. The largest absolute Gasteiger partial charge is 0.481 e. The van der Waals surface area contributed by atoms with E-state index in [-0.39, 0.29) is 12.5 Å². The van der Waals surface area contributed by atoms with Gasteiger partial charge in [0.15, 0.2) is 0 Å². The topological polar surface area (TPSA) is 57.5 Å². The normalized spacial score (nSPS) is 13.4. The van der Waals surface area contributed by atoms with Crippen molar-refractivity contribution in [1.29, 1.82) is 0 Å². The molecule has 3 nitrogen and oxygen atoms in total. The van der Waals surface area contributed by atoms with E-state index < -0.39 is 5.97 Å². The summed E-state index contributed by atoms with van der Waals surface area (Å²) in [4.78, 5) is 10.1. The molecule has 0 radical (unpaired) electrons. The molecule has 0 spiro atoms. The first-order valence-corrected chi connectivity index (χ1v) is 4.67. The second-order valence-corrected chi connectivity index (χ2v) is 3.09. The molecule has 0 amide bonds. The number of rotatable bonds is 7. The van der Waals surface area contributed by atoms with Crippen molar-refractivity contribution < 1.29 is 15.0 Å². The average Bonchev–Trinajstić information content (AvgIpc) is 2.04. The van der Waals surface area contributed by atoms with Gasteiger partial charge in [-0.15, -0.1) is 0 Å². The fraction of sp³-hybridized carbons (Fsp3) is 0.700. The lowest BCUT2D eigenvalue weighted by Crippen LogP contribution is -2.06. The van der Waals surface area contributed by atoms with Crippen LogP contribution in [0.1, 0.15) is 39.0 Å². The first-order valence-electron chi connectivity index (χ1n) is 4.67. The number of allylic oxidation sites excluding steroid dienone is 2. The van der Waals surface area contributed by atoms with E-state index in [9.17, 15) is 9.90 Å².